The van der Waals surface area contributed by atoms with Crippen LogP contribution in [0.2, 0.25) is 0 Å². The van der Waals surface area contributed by atoms with E-state index in [1.165, 1.54) is 53.3 Å². The second kappa shape index (κ2) is 8.34. The van der Waals surface area contributed by atoms with E-state index in [0.29, 0.717) is 0 Å². The summed E-state index contributed by atoms with van der Waals surface area (Å²) in [6, 6.07) is 10.9. The van der Waals surface area contributed by atoms with Gasteiger partial charge in [-0.2, -0.15) is 13.9 Å². The molecule has 12 heteroatoms. The minimum atomic E-state index is -2.98. The van der Waals surface area contributed by atoms with Gasteiger partial charge < -0.3 is 4.74 Å². The molecule has 0 aliphatic rings. The first-order chi connectivity index (χ1) is 15.3. The molecule has 0 N–H and O–H groups in total. The number of nitrogens with zero attached hydrogens (tertiary/aromatic N) is 5. The number of fused-ring (bicyclic) bond motifs is 1. The van der Waals surface area contributed by atoms with Crippen molar-refractivity contribution in [3.05, 3.63) is 87.1 Å². The molecule has 0 saturated carbocycles. The number of ether oxygens (including phenoxy) is 1. The highest BCUT2D eigenvalue weighted by atomic mass is 19.3. The Morgan fingerprint density at radius 3 is 2.56 bits per heavy atom. The zero-order chi connectivity index (χ0) is 22.8. The Bertz CT molecular complexity index is 1380. The van der Waals surface area contributed by atoms with Crippen LogP contribution in [-0.4, -0.2) is 36.6 Å². The van der Waals surface area contributed by atoms with E-state index in [2.05, 4.69) is 14.8 Å². The second-order valence-electron chi connectivity index (χ2n) is 6.54. The maximum atomic E-state index is 12.8. The molecule has 32 heavy (non-hydrogen) atoms. The van der Waals surface area contributed by atoms with Crippen LogP contribution in [0.1, 0.15) is 10.4 Å². The average molecular weight is 441 g/mol. The van der Waals surface area contributed by atoms with Crippen molar-refractivity contribution >= 4 is 22.5 Å². The van der Waals surface area contributed by atoms with Gasteiger partial charge in [0, 0.05) is 11.6 Å². The zero-order valence-electron chi connectivity index (χ0n) is 16.1. The maximum absolute atomic E-state index is 12.8. The number of para-hydroxylation sites is 2. The minimum Gasteiger partial charge on any atom is -0.435 e. The number of hydrogen-bond acceptors (Lipinski definition) is 7. The van der Waals surface area contributed by atoms with Crippen LogP contribution >= 0.6 is 0 Å². The summed E-state index contributed by atoms with van der Waals surface area (Å²) in [7, 11) is 0. The number of aromatic nitrogens is 4. The predicted molar refractivity (Wildman–Crippen MR) is 107 cm³/mol. The molecule has 2 aromatic heterocycles. The van der Waals surface area contributed by atoms with Gasteiger partial charge in [0.2, 0.25) is 0 Å². The molecule has 4 rings (SSSR count). The second-order valence-corrected chi connectivity index (χ2v) is 6.54. The lowest BCUT2D eigenvalue weighted by atomic mass is 10.1. The predicted octanol–water partition coefficient (Wildman–Crippen LogP) is 2.97. The van der Waals surface area contributed by atoms with E-state index >= 15 is 0 Å². The number of rotatable bonds is 7. The number of alkyl halides is 2. The number of nitro groups is 1. The van der Waals surface area contributed by atoms with E-state index in [-0.39, 0.29) is 40.3 Å². The van der Waals surface area contributed by atoms with Gasteiger partial charge in [-0.1, -0.05) is 12.1 Å². The fraction of sp³-hybridized carbons (Fsp3) is 0.100. The van der Waals surface area contributed by atoms with Crippen LogP contribution < -0.4 is 10.3 Å². The highest BCUT2D eigenvalue weighted by molar-refractivity contribution is 5.96. The van der Waals surface area contributed by atoms with Gasteiger partial charge in [0.1, 0.15) is 23.2 Å². The Balaban J connectivity index is 1.64. The molecule has 0 amide bonds. The molecule has 0 atom stereocenters. The molecule has 0 bridgehead atoms. The zero-order valence-corrected chi connectivity index (χ0v) is 16.1. The summed E-state index contributed by atoms with van der Waals surface area (Å²) >= 11 is 0. The van der Waals surface area contributed by atoms with Gasteiger partial charge >= 0.3 is 6.61 Å². The van der Waals surface area contributed by atoms with E-state index in [4.69, 9.17) is 0 Å². The summed E-state index contributed by atoms with van der Waals surface area (Å²) < 4.78 is 31.0. The molecular weight excluding hydrogens is 428 g/mol. The summed E-state index contributed by atoms with van der Waals surface area (Å²) in [5.41, 5.74) is -0.348. The van der Waals surface area contributed by atoms with Crippen molar-refractivity contribution < 1.29 is 23.2 Å². The fourth-order valence-electron chi connectivity index (χ4n) is 3.10. The van der Waals surface area contributed by atoms with Gasteiger partial charge in [-0.25, -0.2) is 9.67 Å². The van der Waals surface area contributed by atoms with Crippen LogP contribution in [0.4, 0.5) is 14.5 Å². The van der Waals surface area contributed by atoms with E-state index in [0.717, 1.165) is 10.9 Å². The Kier molecular flexibility index (Phi) is 5.41. The number of ketones is 1. The lowest BCUT2D eigenvalue weighted by Gasteiger charge is -2.07. The Morgan fingerprint density at radius 1 is 1.16 bits per heavy atom. The third-order valence-corrected chi connectivity index (χ3v) is 4.58. The lowest BCUT2D eigenvalue weighted by molar-refractivity contribution is -0.384. The monoisotopic (exact) mass is 441 g/mol. The molecule has 4 aromatic rings. The normalized spacial score (nSPS) is 11.1. The van der Waals surface area contributed by atoms with Crippen molar-refractivity contribution in [3.63, 3.8) is 0 Å². The summed E-state index contributed by atoms with van der Waals surface area (Å²) in [5.74, 6) is -0.554. The third-order valence-electron chi connectivity index (χ3n) is 4.58. The summed E-state index contributed by atoms with van der Waals surface area (Å²) in [6.07, 6.45) is 2.36. The molecule has 0 aliphatic heterocycles. The molecule has 2 aromatic carbocycles. The molecule has 0 spiro atoms. The van der Waals surface area contributed by atoms with Crippen LogP contribution in [0, 0.1) is 10.1 Å². The molecule has 0 saturated heterocycles. The molecule has 0 aliphatic carbocycles. The summed E-state index contributed by atoms with van der Waals surface area (Å²) in [5, 5.41) is 15.4. The minimum absolute atomic E-state index is 0.0686. The van der Waals surface area contributed by atoms with Gasteiger partial charge in [-0.15, -0.1) is 0 Å². The number of carbonyl (C=O) groups excluding carboxylic acids is 1. The summed E-state index contributed by atoms with van der Waals surface area (Å²) in [4.78, 5) is 40.2. The smallest absolute Gasteiger partial charge is 0.387 e. The molecule has 2 heterocycles. The SMILES string of the molecule is O=C(Cn1cnc2c(cnn2-c2ccccc2[N+](=O)[O-])c1=O)c1ccc(OC(F)F)cc1. The van der Waals surface area contributed by atoms with Gasteiger partial charge in [0.05, 0.1) is 17.7 Å². The topological polar surface area (TPSA) is 122 Å². The molecular formula is C20H13F2N5O5. The molecule has 0 radical (unpaired) electrons. The van der Waals surface area contributed by atoms with Crippen LogP contribution in [0.25, 0.3) is 16.7 Å². The van der Waals surface area contributed by atoms with E-state index < -0.39 is 22.9 Å². The first-order valence-electron chi connectivity index (χ1n) is 9.10. The Labute approximate surface area is 177 Å². The molecule has 162 valence electrons. The van der Waals surface area contributed by atoms with Gasteiger partial charge in [0.15, 0.2) is 11.4 Å². The number of halogens is 2. The quantitative estimate of drug-likeness (QED) is 0.245. The van der Waals surface area contributed by atoms with Crippen molar-refractivity contribution in [2.75, 3.05) is 0 Å². The number of Topliss-reactive ketones (excluding diaryl/α,β-unsaturated/α-hetero) is 1. The Morgan fingerprint density at radius 2 is 1.88 bits per heavy atom. The highest BCUT2D eigenvalue weighted by Gasteiger charge is 2.19. The molecule has 10 nitrogen and oxygen atoms in total. The van der Waals surface area contributed by atoms with Crippen LogP contribution in [0.3, 0.4) is 0 Å². The first-order valence-corrected chi connectivity index (χ1v) is 9.10. The summed E-state index contributed by atoms with van der Waals surface area (Å²) in [6.45, 7) is -3.33. The number of hydrogen-bond donors (Lipinski definition) is 0. The van der Waals surface area contributed by atoms with E-state index in [1.54, 1.807) is 6.07 Å². The van der Waals surface area contributed by atoms with Gasteiger partial charge in [-0.05, 0) is 30.3 Å². The van der Waals surface area contributed by atoms with Crippen molar-refractivity contribution in [1.82, 2.24) is 19.3 Å². The first kappa shape index (κ1) is 20.8. The van der Waals surface area contributed by atoms with Crippen molar-refractivity contribution in [3.8, 4) is 11.4 Å². The van der Waals surface area contributed by atoms with Crippen LogP contribution in [0.15, 0.2) is 65.8 Å². The molecule has 0 unspecified atom stereocenters. The van der Waals surface area contributed by atoms with Crippen molar-refractivity contribution in [2.45, 2.75) is 13.2 Å². The number of benzene rings is 2. The number of carbonyl (C=O) groups is 1. The Hall–Kier alpha value is -4.48. The van der Waals surface area contributed by atoms with Crippen molar-refractivity contribution in [1.29, 1.82) is 0 Å². The lowest BCUT2D eigenvalue weighted by Crippen LogP contribution is -2.24. The van der Waals surface area contributed by atoms with Crippen LogP contribution in [-0.2, 0) is 6.54 Å². The van der Waals surface area contributed by atoms with Crippen molar-refractivity contribution in [2.24, 2.45) is 0 Å². The molecule has 0 fully saturated rings. The number of nitro benzene ring substituents is 1. The fourth-order valence-corrected chi connectivity index (χ4v) is 3.10. The average Bonchev–Trinajstić information content (AvgIpc) is 3.20. The maximum Gasteiger partial charge on any atom is 0.387 e. The van der Waals surface area contributed by atoms with Crippen LogP contribution in [0.5, 0.6) is 5.75 Å². The van der Waals surface area contributed by atoms with Gasteiger partial charge in [-0.3, -0.25) is 24.3 Å². The largest absolute Gasteiger partial charge is 0.435 e. The van der Waals surface area contributed by atoms with E-state index in [1.807, 2.05) is 0 Å². The van der Waals surface area contributed by atoms with E-state index in [9.17, 15) is 28.5 Å². The van der Waals surface area contributed by atoms with Gasteiger partial charge in [0.25, 0.3) is 11.2 Å². The third kappa shape index (κ3) is 3.93. The highest BCUT2D eigenvalue weighted by Crippen LogP contribution is 2.24. The standard InChI is InChI=1S/C20H13F2N5O5/c21-20(22)32-13-7-5-12(6-8-13)17(28)10-25-11-23-18-14(19(25)29)9-24-26(18)15-3-1-2-4-16(15)27(30)31/h1-9,11,20H,10H2.